The molecule has 0 radical (unpaired) electrons. The summed E-state index contributed by atoms with van der Waals surface area (Å²) in [7, 11) is -2.15. The lowest BCUT2D eigenvalue weighted by atomic mass is 9.88. The Hall–Kier alpha value is -1.38. The summed E-state index contributed by atoms with van der Waals surface area (Å²) in [5.74, 6) is -1.13. The van der Waals surface area contributed by atoms with Gasteiger partial charge >= 0.3 is 12.1 Å². The lowest BCUT2D eigenvalue weighted by Crippen LogP contribution is -2.54. The molecular formula is C19H28BrNO5Si. The molecule has 0 aliphatic carbocycles. The van der Waals surface area contributed by atoms with Gasteiger partial charge in [-0.05, 0) is 35.8 Å². The Labute approximate surface area is 169 Å². The van der Waals surface area contributed by atoms with Crippen LogP contribution >= 0.6 is 15.9 Å². The van der Waals surface area contributed by atoms with Crippen LogP contribution in [0.2, 0.25) is 18.1 Å². The molecule has 1 unspecified atom stereocenters. The largest absolute Gasteiger partial charge is 0.479 e. The van der Waals surface area contributed by atoms with Gasteiger partial charge in [-0.25, -0.2) is 9.59 Å². The van der Waals surface area contributed by atoms with E-state index in [4.69, 9.17) is 4.43 Å². The Morgan fingerprint density at radius 3 is 2.26 bits per heavy atom. The second kappa shape index (κ2) is 7.56. The van der Waals surface area contributed by atoms with Crippen LogP contribution in [0.5, 0.6) is 0 Å². The minimum Gasteiger partial charge on any atom is -0.479 e. The van der Waals surface area contributed by atoms with Gasteiger partial charge in [0.2, 0.25) is 0 Å². The number of hydrogen-bond acceptors (Lipinski definition) is 3. The highest BCUT2D eigenvalue weighted by Gasteiger charge is 2.55. The number of carboxylic acids is 1. The zero-order chi connectivity index (χ0) is 20.6. The van der Waals surface area contributed by atoms with Crippen molar-refractivity contribution in [3.05, 3.63) is 34.3 Å². The first-order valence-corrected chi connectivity index (χ1v) is 12.6. The van der Waals surface area contributed by atoms with Gasteiger partial charge in [-0.2, -0.15) is 0 Å². The fourth-order valence-corrected chi connectivity index (χ4v) is 4.86. The molecule has 150 valence electrons. The van der Waals surface area contributed by atoms with Crippen LogP contribution in [0.4, 0.5) is 4.79 Å². The second-order valence-corrected chi connectivity index (χ2v) is 14.4. The van der Waals surface area contributed by atoms with Crippen molar-refractivity contribution in [2.24, 2.45) is 0 Å². The highest BCUT2D eigenvalue weighted by Crippen LogP contribution is 2.41. The molecule has 6 nitrogen and oxygen atoms in total. The molecule has 8 heteroatoms. The zero-order valence-electron chi connectivity index (χ0n) is 16.5. The van der Waals surface area contributed by atoms with Crippen LogP contribution in [0, 0.1) is 0 Å². The fraction of sp³-hybridized carbons (Fsp3) is 0.579. The second-order valence-electron chi connectivity index (χ2n) is 8.74. The quantitative estimate of drug-likeness (QED) is 0.631. The summed E-state index contributed by atoms with van der Waals surface area (Å²) in [5, 5.41) is 19.7. The van der Waals surface area contributed by atoms with Gasteiger partial charge in [0.1, 0.15) is 5.54 Å². The Morgan fingerprint density at radius 2 is 1.81 bits per heavy atom. The Kier molecular flexibility index (Phi) is 6.14. The molecular weight excluding hydrogens is 430 g/mol. The molecule has 0 aromatic heterocycles. The Bertz CT molecular complexity index is 716. The van der Waals surface area contributed by atoms with Gasteiger partial charge < -0.3 is 14.6 Å². The van der Waals surface area contributed by atoms with Crippen LogP contribution in [0.1, 0.15) is 32.8 Å². The molecule has 1 saturated heterocycles. The monoisotopic (exact) mass is 457 g/mol. The molecule has 0 saturated carbocycles. The van der Waals surface area contributed by atoms with Gasteiger partial charge in [0.25, 0.3) is 0 Å². The number of nitrogens with zero attached hydrogens (tertiary/aromatic N) is 1. The summed E-state index contributed by atoms with van der Waals surface area (Å²) in [4.78, 5) is 25.2. The topological polar surface area (TPSA) is 87.1 Å². The van der Waals surface area contributed by atoms with Crippen LogP contribution in [0.15, 0.2) is 28.7 Å². The minimum atomic E-state index is -2.15. The van der Waals surface area contributed by atoms with E-state index in [0.29, 0.717) is 0 Å². The predicted molar refractivity (Wildman–Crippen MR) is 110 cm³/mol. The molecule has 1 heterocycles. The first-order chi connectivity index (χ1) is 12.3. The summed E-state index contributed by atoms with van der Waals surface area (Å²) in [6, 6.07) is 7.29. The molecule has 27 heavy (non-hydrogen) atoms. The van der Waals surface area contributed by atoms with E-state index in [2.05, 4.69) is 49.8 Å². The van der Waals surface area contributed by atoms with Crippen molar-refractivity contribution in [3.63, 3.8) is 0 Å². The summed E-state index contributed by atoms with van der Waals surface area (Å²) in [6.45, 7) is 10.6. The van der Waals surface area contributed by atoms with Gasteiger partial charge in [-0.15, -0.1) is 0 Å². The first kappa shape index (κ1) is 21.9. The van der Waals surface area contributed by atoms with Crippen molar-refractivity contribution < 1.29 is 24.2 Å². The number of halogens is 1. The van der Waals surface area contributed by atoms with Crippen molar-refractivity contribution in [2.45, 2.75) is 63.4 Å². The van der Waals surface area contributed by atoms with Crippen LogP contribution in [0.25, 0.3) is 0 Å². The van der Waals surface area contributed by atoms with Gasteiger partial charge in [0.05, 0.1) is 12.6 Å². The number of carbonyl (C=O) groups is 2. The third-order valence-electron chi connectivity index (χ3n) is 5.77. The number of carboxylic acid groups (broad SMARTS) is 2. The first-order valence-electron chi connectivity index (χ1n) is 8.95. The van der Waals surface area contributed by atoms with Crippen molar-refractivity contribution in [1.29, 1.82) is 0 Å². The lowest BCUT2D eigenvalue weighted by Gasteiger charge is -2.38. The summed E-state index contributed by atoms with van der Waals surface area (Å²) in [6.07, 6.45) is -1.39. The average molecular weight is 458 g/mol. The maximum atomic E-state index is 12.3. The number of aliphatic carboxylic acids is 1. The minimum absolute atomic E-state index is 0.0404. The standard InChI is InChI=1S/C19H28BrNO5Si/c1-18(2,3)27(4,5)26-15-11-19(16(22)23,21(12-15)17(24)25)10-13-6-8-14(20)9-7-13/h6-9,15H,10-12H2,1-5H3,(H,22,23)(H,24,25)/t15-,19?/m1/s1. The molecule has 1 aromatic rings. The molecule has 2 rings (SSSR count). The van der Waals surface area contributed by atoms with E-state index in [1.807, 2.05) is 24.3 Å². The van der Waals surface area contributed by atoms with Gasteiger partial charge in [-0.1, -0.05) is 48.8 Å². The van der Waals surface area contributed by atoms with Crippen LogP contribution in [-0.4, -0.2) is 53.7 Å². The van der Waals surface area contributed by atoms with Crippen molar-refractivity contribution in [3.8, 4) is 0 Å². The van der Waals surface area contributed by atoms with Crippen molar-refractivity contribution in [1.82, 2.24) is 4.90 Å². The van der Waals surface area contributed by atoms with Crippen molar-refractivity contribution in [2.75, 3.05) is 6.54 Å². The molecule has 1 fully saturated rings. The molecule has 1 amide bonds. The fourth-order valence-electron chi connectivity index (χ4n) is 3.25. The normalized spacial score (nSPS) is 23.5. The third-order valence-corrected chi connectivity index (χ3v) is 10.8. The van der Waals surface area contributed by atoms with E-state index in [1.165, 1.54) is 0 Å². The van der Waals surface area contributed by atoms with Gasteiger partial charge in [0, 0.05) is 17.3 Å². The number of amides is 1. The van der Waals surface area contributed by atoms with Crippen molar-refractivity contribution >= 4 is 36.3 Å². The summed E-state index contributed by atoms with van der Waals surface area (Å²) >= 11 is 3.36. The highest BCUT2D eigenvalue weighted by atomic mass is 79.9. The molecule has 2 atom stereocenters. The molecule has 1 aliphatic rings. The lowest BCUT2D eigenvalue weighted by molar-refractivity contribution is -0.148. The molecule has 0 spiro atoms. The Balaban J connectivity index is 2.35. The maximum Gasteiger partial charge on any atom is 0.408 e. The molecule has 1 aliphatic heterocycles. The number of hydrogen-bond donors (Lipinski definition) is 2. The summed E-state index contributed by atoms with van der Waals surface area (Å²) in [5.41, 5.74) is -0.744. The van der Waals surface area contributed by atoms with E-state index < -0.39 is 32.0 Å². The van der Waals surface area contributed by atoms with Crippen LogP contribution in [-0.2, 0) is 15.6 Å². The molecule has 2 N–H and O–H groups in total. The predicted octanol–water partition coefficient (Wildman–Crippen LogP) is 4.59. The van der Waals surface area contributed by atoms with E-state index in [-0.39, 0.29) is 24.4 Å². The Morgan fingerprint density at radius 1 is 1.26 bits per heavy atom. The van der Waals surface area contributed by atoms with Crippen LogP contribution in [0.3, 0.4) is 0 Å². The SMILES string of the molecule is CC(C)(C)[Si](C)(C)O[C@H]1CN(C(=O)O)C(Cc2ccc(Br)cc2)(C(=O)O)C1. The average Bonchev–Trinajstić information content (AvgIpc) is 2.87. The third kappa shape index (κ3) is 4.55. The highest BCUT2D eigenvalue weighted by molar-refractivity contribution is 9.10. The van der Waals surface area contributed by atoms with E-state index >= 15 is 0 Å². The van der Waals surface area contributed by atoms with E-state index in [9.17, 15) is 19.8 Å². The summed E-state index contributed by atoms with van der Waals surface area (Å²) < 4.78 is 7.25. The van der Waals surface area contributed by atoms with Crippen LogP contribution < -0.4 is 0 Å². The molecule has 1 aromatic carbocycles. The van der Waals surface area contributed by atoms with E-state index in [0.717, 1.165) is 14.9 Å². The molecule has 0 bridgehead atoms. The number of likely N-dealkylation sites (tertiary alicyclic amines) is 1. The number of benzene rings is 1. The van der Waals surface area contributed by atoms with E-state index in [1.54, 1.807) is 0 Å². The van der Waals surface area contributed by atoms with Gasteiger partial charge in [0.15, 0.2) is 8.32 Å². The number of rotatable bonds is 5. The maximum absolute atomic E-state index is 12.3. The van der Waals surface area contributed by atoms with Gasteiger partial charge in [-0.3, -0.25) is 4.90 Å². The zero-order valence-corrected chi connectivity index (χ0v) is 19.0. The smallest absolute Gasteiger partial charge is 0.408 e.